The molecule has 0 aliphatic heterocycles. The molecule has 24 heavy (non-hydrogen) atoms. The summed E-state index contributed by atoms with van der Waals surface area (Å²) in [4.78, 5) is 11.2. The van der Waals surface area contributed by atoms with E-state index in [0.717, 1.165) is 37.7 Å². The van der Waals surface area contributed by atoms with E-state index in [1.807, 2.05) is 19.1 Å². The molecular formula is C20H32O4. The highest BCUT2D eigenvalue weighted by atomic mass is 16.5. The van der Waals surface area contributed by atoms with Crippen molar-refractivity contribution in [2.45, 2.75) is 65.2 Å². The van der Waals surface area contributed by atoms with Gasteiger partial charge in [-0.2, -0.15) is 0 Å². The number of ether oxygens (including phenoxy) is 2. The van der Waals surface area contributed by atoms with Crippen molar-refractivity contribution in [3.63, 3.8) is 0 Å². The predicted octanol–water partition coefficient (Wildman–Crippen LogP) is 4.87. The fraction of sp³-hybridized carbons (Fsp3) is 0.650. The van der Waals surface area contributed by atoms with Crippen LogP contribution in [0.4, 0.5) is 0 Å². The highest BCUT2D eigenvalue weighted by Gasteiger charge is 2.11. The van der Waals surface area contributed by atoms with E-state index < -0.39 is 0 Å². The lowest BCUT2D eigenvalue weighted by atomic mass is 9.94. The first-order valence-electron chi connectivity index (χ1n) is 9.08. The molecule has 0 aromatic heterocycles. The number of benzene rings is 1. The van der Waals surface area contributed by atoms with Gasteiger partial charge in [0.05, 0.1) is 13.7 Å². The molecule has 0 saturated heterocycles. The van der Waals surface area contributed by atoms with Crippen molar-refractivity contribution in [3.8, 4) is 11.5 Å². The summed E-state index contributed by atoms with van der Waals surface area (Å²) >= 11 is 0. The number of esters is 1. The molecule has 1 aromatic rings. The van der Waals surface area contributed by atoms with Crippen molar-refractivity contribution in [3.05, 3.63) is 23.8 Å². The minimum Gasteiger partial charge on any atom is -0.504 e. The van der Waals surface area contributed by atoms with Crippen LogP contribution >= 0.6 is 0 Å². The molecular weight excluding hydrogens is 304 g/mol. The van der Waals surface area contributed by atoms with E-state index in [1.54, 1.807) is 13.2 Å². The molecule has 0 amide bonds. The third-order valence-electron chi connectivity index (χ3n) is 4.25. The standard InChI is InChI=1S/C20H32O4/c1-4-24-19(21)14-9-7-5-6-8-11-16(2)15-17-12-10-13-18(23-3)20(17)22/h10,12-13,16,22H,4-9,11,14-15H2,1-3H3. The molecule has 136 valence electrons. The first-order valence-corrected chi connectivity index (χ1v) is 9.08. The number of phenolic OH excluding ortho intramolecular Hbond substituents is 1. The number of methoxy groups -OCH3 is 1. The quantitative estimate of drug-likeness (QED) is 0.437. The summed E-state index contributed by atoms with van der Waals surface area (Å²) in [5, 5.41) is 10.1. The Labute approximate surface area is 146 Å². The van der Waals surface area contributed by atoms with Crippen LogP contribution in [0.3, 0.4) is 0 Å². The lowest BCUT2D eigenvalue weighted by Gasteiger charge is -2.14. The van der Waals surface area contributed by atoms with E-state index in [-0.39, 0.29) is 11.7 Å². The van der Waals surface area contributed by atoms with Gasteiger partial charge in [0.2, 0.25) is 0 Å². The van der Waals surface area contributed by atoms with Crippen molar-refractivity contribution in [1.82, 2.24) is 0 Å². The zero-order valence-electron chi connectivity index (χ0n) is 15.3. The van der Waals surface area contributed by atoms with Gasteiger partial charge in [0.1, 0.15) is 0 Å². The van der Waals surface area contributed by atoms with Crippen LogP contribution in [0, 0.1) is 5.92 Å². The molecule has 1 aromatic carbocycles. The highest BCUT2D eigenvalue weighted by Crippen LogP contribution is 2.31. The molecule has 0 saturated carbocycles. The van der Waals surface area contributed by atoms with Gasteiger partial charge in [-0.25, -0.2) is 0 Å². The Morgan fingerprint density at radius 3 is 2.58 bits per heavy atom. The molecule has 0 bridgehead atoms. The third kappa shape index (κ3) is 7.71. The van der Waals surface area contributed by atoms with Crippen molar-refractivity contribution in [2.75, 3.05) is 13.7 Å². The number of hydrogen-bond acceptors (Lipinski definition) is 4. The van der Waals surface area contributed by atoms with Crippen molar-refractivity contribution >= 4 is 5.97 Å². The van der Waals surface area contributed by atoms with Gasteiger partial charge < -0.3 is 14.6 Å². The molecule has 1 unspecified atom stereocenters. The van der Waals surface area contributed by atoms with E-state index in [0.29, 0.717) is 24.7 Å². The first kappa shape index (κ1) is 20.3. The topological polar surface area (TPSA) is 55.8 Å². The van der Waals surface area contributed by atoms with E-state index >= 15 is 0 Å². The molecule has 1 rings (SSSR count). The van der Waals surface area contributed by atoms with Crippen LogP contribution in [0.2, 0.25) is 0 Å². The Morgan fingerprint density at radius 2 is 1.88 bits per heavy atom. The van der Waals surface area contributed by atoms with Crippen molar-refractivity contribution in [1.29, 1.82) is 0 Å². The smallest absolute Gasteiger partial charge is 0.305 e. The summed E-state index contributed by atoms with van der Waals surface area (Å²) in [6.45, 7) is 4.53. The van der Waals surface area contributed by atoms with Crippen molar-refractivity contribution in [2.24, 2.45) is 5.92 Å². The normalized spacial score (nSPS) is 12.0. The van der Waals surface area contributed by atoms with Gasteiger partial charge in [-0.3, -0.25) is 4.79 Å². The number of carbonyl (C=O) groups is 1. The fourth-order valence-corrected chi connectivity index (χ4v) is 2.90. The fourth-order valence-electron chi connectivity index (χ4n) is 2.90. The van der Waals surface area contributed by atoms with Crippen LogP contribution in [-0.4, -0.2) is 24.8 Å². The monoisotopic (exact) mass is 336 g/mol. The predicted molar refractivity (Wildman–Crippen MR) is 96.5 cm³/mol. The van der Waals surface area contributed by atoms with E-state index in [1.165, 1.54) is 12.8 Å². The number of carbonyl (C=O) groups excluding carboxylic acids is 1. The summed E-state index contributed by atoms with van der Waals surface area (Å²) in [7, 11) is 1.57. The van der Waals surface area contributed by atoms with Gasteiger partial charge in [0, 0.05) is 6.42 Å². The van der Waals surface area contributed by atoms with Crippen molar-refractivity contribution < 1.29 is 19.4 Å². The van der Waals surface area contributed by atoms with Crippen LogP contribution in [0.5, 0.6) is 11.5 Å². The maximum Gasteiger partial charge on any atom is 0.305 e. The largest absolute Gasteiger partial charge is 0.504 e. The number of rotatable bonds is 12. The van der Waals surface area contributed by atoms with Gasteiger partial charge >= 0.3 is 5.97 Å². The summed E-state index contributed by atoms with van der Waals surface area (Å²) in [5.74, 6) is 1.26. The minimum atomic E-state index is -0.0794. The molecule has 0 heterocycles. The number of phenols is 1. The number of aromatic hydroxyl groups is 1. The van der Waals surface area contributed by atoms with Gasteiger partial charge in [0.25, 0.3) is 0 Å². The van der Waals surface area contributed by atoms with Crippen LogP contribution in [-0.2, 0) is 16.0 Å². The zero-order chi connectivity index (χ0) is 17.8. The SMILES string of the molecule is CCOC(=O)CCCCCCCC(C)Cc1cccc(OC)c1O. The minimum absolute atomic E-state index is 0.0794. The van der Waals surface area contributed by atoms with Crippen LogP contribution in [0.25, 0.3) is 0 Å². The van der Waals surface area contributed by atoms with Crippen LogP contribution < -0.4 is 4.74 Å². The highest BCUT2D eigenvalue weighted by molar-refractivity contribution is 5.69. The van der Waals surface area contributed by atoms with Gasteiger partial charge in [-0.1, -0.05) is 51.2 Å². The second-order valence-electron chi connectivity index (χ2n) is 6.39. The average molecular weight is 336 g/mol. The lowest BCUT2D eigenvalue weighted by molar-refractivity contribution is -0.143. The molecule has 1 N–H and O–H groups in total. The average Bonchev–Trinajstić information content (AvgIpc) is 2.56. The summed E-state index contributed by atoms with van der Waals surface area (Å²) < 4.78 is 10.1. The molecule has 4 nitrogen and oxygen atoms in total. The Balaban J connectivity index is 2.14. The molecule has 1 atom stereocenters. The molecule has 0 spiro atoms. The van der Waals surface area contributed by atoms with Gasteiger partial charge in [0.15, 0.2) is 11.5 Å². The maximum atomic E-state index is 11.2. The summed E-state index contributed by atoms with van der Waals surface area (Å²) in [5.41, 5.74) is 0.955. The Morgan fingerprint density at radius 1 is 1.17 bits per heavy atom. The second-order valence-corrected chi connectivity index (χ2v) is 6.39. The van der Waals surface area contributed by atoms with E-state index in [2.05, 4.69) is 6.92 Å². The van der Waals surface area contributed by atoms with Gasteiger partial charge in [-0.05, 0) is 37.3 Å². The molecule has 0 aliphatic carbocycles. The molecule has 0 radical (unpaired) electrons. The molecule has 0 aliphatic rings. The lowest BCUT2D eigenvalue weighted by Crippen LogP contribution is -2.03. The van der Waals surface area contributed by atoms with E-state index in [9.17, 15) is 9.90 Å². The first-order chi connectivity index (χ1) is 11.6. The Hall–Kier alpha value is -1.71. The van der Waals surface area contributed by atoms with Crippen LogP contribution in [0.15, 0.2) is 18.2 Å². The maximum absolute atomic E-state index is 11.2. The molecule has 0 fully saturated rings. The summed E-state index contributed by atoms with van der Waals surface area (Å²) in [6.07, 6.45) is 8.11. The Bertz CT molecular complexity index is 485. The number of hydrogen-bond donors (Lipinski definition) is 1. The molecule has 4 heteroatoms. The zero-order valence-corrected chi connectivity index (χ0v) is 15.3. The third-order valence-corrected chi connectivity index (χ3v) is 4.25. The van der Waals surface area contributed by atoms with Gasteiger partial charge in [-0.15, -0.1) is 0 Å². The van der Waals surface area contributed by atoms with Crippen LogP contribution in [0.1, 0.15) is 64.4 Å². The number of unbranched alkanes of at least 4 members (excludes halogenated alkanes) is 4. The number of para-hydroxylation sites is 1. The second kappa shape index (κ2) is 11.8. The Kier molecular flexibility index (Phi) is 9.97. The van der Waals surface area contributed by atoms with E-state index in [4.69, 9.17) is 9.47 Å². The summed E-state index contributed by atoms with van der Waals surface area (Å²) in [6, 6.07) is 5.66.